The summed E-state index contributed by atoms with van der Waals surface area (Å²) < 4.78 is 0. The predicted molar refractivity (Wildman–Crippen MR) is 50.6 cm³/mol. The van der Waals surface area contributed by atoms with Gasteiger partial charge in [-0.3, -0.25) is 0 Å². The Labute approximate surface area is 73.3 Å². The van der Waals surface area contributed by atoms with E-state index in [0.717, 1.165) is 12.8 Å². The van der Waals surface area contributed by atoms with Crippen LogP contribution in [0.2, 0.25) is 0 Å². The van der Waals surface area contributed by atoms with Crippen LogP contribution in [-0.4, -0.2) is 0 Å². The molecule has 0 aromatic rings. The first-order valence-corrected chi connectivity index (χ1v) is 4.22. The molecule has 0 spiro atoms. The van der Waals surface area contributed by atoms with Gasteiger partial charge in [-0.05, 0) is 29.9 Å². The van der Waals surface area contributed by atoms with E-state index in [0.29, 0.717) is 11.0 Å². The van der Waals surface area contributed by atoms with Gasteiger partial charge in [0.1, 0.15) is 0 Å². The van der Waals surface area contributed by atoms with E-state index < -0.39 is 0 Å². The molecule has 0 amide bonds. The van der Waals surface area contributed by atoms with Crippen molar-refractivity contribution < 1.29 is 0 Å². The average Bonchev–Trinajstić information content (AvgIpc) is 2.30. The van der Waals surface area contributed by atoms with Gasteiger partial charge in [0.2, 0.25) is 0 Å². The van der Waals surface area contributed by atoms with E-state index in [9.17, 15) is 0 Å². The molecule has 0 nitrogen and oxygen atoms in total. The Morgan fingerprint density at radius 3 is 2.64 bits per heavy atom. The lowest BCUT2D eigenvalue weighted by molar-refractivity contribution is 0.626. The molecule has 1 rings (SSSR count). The highest BCUT2D eigenvalue weighted by atomic mass is 35.5. The average molecular weight is 169 g/mol. The van der Waals surface area contributed by atoms with Gasteiger partial charge in [-0.25, -0.2) is 0 Å². The molecule has 0 radical (unpaired) electrons. The topological polar surface area (TPSA) is 0 Å². The molecule has 0 heterocycles. The van der Waals surface area contributed by atoms with Gasteiger partial charge in [0.15, 0.2) is 0 Å². The first-order valence-electron chi connectivity index (χ1n) is 3.84. The number of allylic oxidation sites excluding steroid dienone is 4. The highest BCUT2D eigenvalue weighted by Crippen LogP contribution is 2.36. The van der Waals surface area contributed by atoms with Crippen LogP contribution >= 0.6 is 11.6 Å². The van der Waals surface area contributed by atoms with Crippen molar-refractivity contribution in [2.75, 3.05) is 0 Å². The number of hydrogen-bond acceptors (Lipinski definition) is 0. The first-order chi connectivity index (χ1) is 5.15. The summed E-state index contributed by atoms with van der Waals surface area (Å²) >= 11 is 5.82. The molecule has 0 aromatic carbocycles. The number of rotatable bonds is 2. The summed E-state index contributed by atoms with van der Waals surface area (Å²) in [6.07, 6.45) is 4.06. The van der Waals surface area contributed by atoms with Crippen LogP contribution in [0.3, 0.4) is 0 Å². The van der Waals surface area contributed by atoms with Gasteiger partial charge < -0.3 is 0 Å². The third kappa shape index (κ3) is 1.75. The number of halogens is 1. The fourth-order valence-corrected chi connectivity index (χ4v) is 1.74. The molecule has 11 heavy (non-hydrogen) atoms. The van der Waals surface area contributed by atoms with E-state index >= 15 is 0 Å². The SMILES string of the molecule is C=CC1=C(C(=C)Cl)CC(C)C1. The Hall–Kier alpha value is -0.490. The third-order valence-corrected chi connectivity index (χ3v) is 2.31. The largest absolute Gasteiger partial charge is 0.0988 e. The fourth-order valence-electron chi connectivity index (χ4n) is 1.54. The highest BCUT2D eigenvalue weighted by Gasteiger charge is 2.19. The maximum absolute atomic E-state index is 5.82. The van der Waals surface area contributed by atoms with Gasteiger partial charge in [-0.15, -0.1) is 0 Å². The molecule has 60 valence electrons. The quantitative estimate of drug-likeness (QED) is 0.591. The summed E-state index contributed by atoms with van der Waals surface area (Å²) in [6.45, 7) is 9.70. The van der Waals surface area contributed by atoms with Gasteiger partial charge in [-0.1, -0.05) is 37.8 Å². The van der Waals surface area contributed by atoms with E-state index in [4.69, 9.17) is 11.6 Å². The van der Waals surface area contributed by atoms with Crippen molar-refractivity contribution in [2.24, 2.45) is 5.92 Å². The molecule has 0 saturated heterocycles. The summed E-state index contributed by atoms with van der Waals surface area (Å²) in [5.74, 6) is 0.702. The smallest absolute Gasteiger partial charge is 0.0369 e. The molecular weight excluding hydrogens is 156 g/mol. The second kappa shape index (κ2) is 3.27. The monoisotopic (exact) mass is 168 g/mol. The van der Waals surface area contributed by atoms with E-state index in [1.165, 1.54) is 11.1 Å². The minimum Gasteiger partial charge on any atom is -0.0988 e. The minimum atomic E-state index is 0.684. The van der Waals surface area contributed by atoms with E-state index in [1.807, 2.05) is 6.08 Å². The molecule has 1 heteroatoms. The molecule has 0 fully saturated rings. The van der Waals surface area contributed by atoms with Crippen LogP contribution in [-0.2, 0) is 0 Å². The van der Waals surface area contributed by atoms with Crippen LogP contribution in [0.4, 0.5) is 0 Å². The van der Waals surface area contributed by atoms with E-state index in [-0.39, 0.29) is 0 Å². The Morgan fingerprint density at radius 2 is 2.27 bits per heavy atom. The normalized spacial score (nSPS) is 24.0. The molecule has 1 unspecified atom stereocenters. The molecule has 1 aliphatic rings. The van der Waals surface area contributed by atoms with E-state index in [1.54, 1.807) is 0 Å². The van der Waals surface area contributed by atoms with Crippen LogP contribution in [0.5, 0.6) is 0 Å². The van der Waals surface area contributed by atoms with Gasteiger partial charge in [0.25, 0.3) is 0 Å². The summed E-state index contributed by atoms with van der Waals surface area (Å²) in [5, 5.41) is 0.684. The molecule has 1 aliphatic carbocycles. The van der Waals surface area contributed by atoms with Crippen molar-refractivity contribution in [3.63, 3.8) is 0 Å². The summed E-state index contributed by atoms with van der Waals surface area (Å²) in [7, 11) is 0. The molecular formula is C10H13Cl. The van der Waals surface area contributed by atoms with Gasteiger partial charge in [0, 0.05) is 5.03 Å². The maximum Gasteiger partial charge on any atom is 0.0369 e. The molecule has 0 N–H and O–H groups in total. The Bertz CT molecular complexity index is 223. The van der Waals surface area contributed by atoms with Crippen molar-refractivity contribution in [3.05, 3.63) is 35.4 Å². The molecule has 1 atom stereocenters. The van der Waals surface area contributed by atoms with Crippen LogP contribution in [0.25, 0.3) is 0 Å². The maximum atomic E-state index is 5.82. The van der Waals surface area contributed by atoms with Crippen molar-refractivity contribution in [1.82, 2.24) is 0 Å². The second-order valence-electron chi connectivity index (χ2n) is 3.13. The Kier molecular flexibility index (Phi) is 2.56. The lowest BCUT2D eigenvalue weighted by Gasteiger charge is -1.99. The first kappa shape index (κ1) is 8.61. The van der Waals surface area contributed by atoms with Gasteiger partial charge >= 0.3 is 0 Å². The lowest BCUT2D eigenvalue weighted by atomic mass is 10.1. The highest BCUT2D eigenvalue weighted by molar-refractivity contribution is 6.31. The zero-order chi connectivity index (χ0) is 8.43. The minimum absolute atomic E-state index is 0.684. The van der Waals surface area contributed by atoms with Crippen LogP contribution < -0.4 is 0 Å². The molecule has 0 aliphatic heterocycles. The standard InChI is InChI=1S/C10H13Cl/c1-4-9-5-7(2)6-10(9)8(3)11/h4,7H,1,3,5-6H2,2H3. The summed E-state index contributed by atoms with van der Waals surface area (Å²) in [5.41, 5.74) is 2.48. The van der Waals surface area contributed by atoms with Crippen molar-refractivity contribution in [2.45, 2.75) is 19.8 Å². The lowest BCUT2D eigenvalue weighted by Crippen LogP contribution is -1.84. The van der Waals surface area contributed by atoms with E-state index in [2.05, 4.69) is 20.1 Å². The van der Waals surface area contributed by atoms with Crippen molar-refractivity contribution in [3.8, 4) is 0 Å². The van der Waals surface area contributed by atoms with Crippen LogP contribution in [0, 0.1) is 5.92 Å². The predicted octanol–water partition coefficient (Wildman–Crippen LogP) is 3.65. The van der Waals surface area contributed by atoms with Gasteiger partial charge in [-0.2, -0.15) is 0 Å². The third-order valence-electron chi connectivity index (χ3n) is 2.08. The molecule has 0 bridgehead atoms. The van der Waals surface area contributed by atoms with Crippen LogP contribution in [0.15, 0.2) is 35.4 Å². The Balaban J connectivity index is 2.88. The molecule has 0 saturated carbocycles. The summed E-state index contributed by atoms with van der Waals surface area (Å²) in [4.78, 5) is 0. The zero-order valence-electron chi connectivity index (χ0n) is 6.86. The second-order valence-corrected chi connectivity index (χ2v) is 3.58. The molecule has 0 aromatic heterocycles. The fraction of sp³-hybridized carbons (Fsp3) is 0.400. The Morgan fingerprint density at radius 1 is 1.64 bits per heavy atom. The van der Waals surface area contributed by atoms with Gasteiger partial charge in [0.05, 0.1) is 0 Å². The summed E-state index contributed by atoms with van der Waals surface area (Å²) in [6, 6.07) is 0. The number of hydrogen-bond donors (Lipinski definition) is 0. The van der Waals surface area contributed by atoms with Crippen molar-refractivity contribution in [1.29, 1.82) is 0 Å². The van der Waals surface area contributed by atoms with Crippen LogP contribution in [0.1, 0.15) is 19.8 Å². The van der Waals surface area contributed by atoms with Crippen molar-refractivity contribution >= 4 is 11.6 Å². The zero-order valence-corrected chi connectivity index (χ0v) is 7.62.